The molecule has 4 aromatic carbocycles. The molecule has 3 nitrogen and oxygen atoms in total. The Morgan fingerprint density at radius 1 is 0.781 bits per heavy atom. The van der Waals surface area contributed by atoms with Gasteiger partial charge in [0.25, 0.3) is 0 Å². The Balaban J connectivity index is 1.33. The lowest BCUT2D eigenvalue weighted by Crippen LogP contribution is -2.04. The van der Waals surface area contributed by atoms with E-state index in [9.17, 15) is 4.79 Å². The Labute approximate surface area is 196 Å². The summed E-state index contributed by atoms with van der Waals surface area (Å²) in [6.07, 6.45) is 3.13. The van der Waals surface area contributed by atoms with Crippen molar-refractivity contribution >= 4 is 28.0 Å². The van der Waals surface area contributed by atoms with E-state index in [1.54, 1.807) is 12.1 Å². The summed E-state index contributed by atoms with van der Waals surface area (Å²) in [5.41, 5.74) is 4.14. The van der Waals surface area contributed by atoms with E-state index in [4.69, 9.17) is 9.47 Å². The summed E-state index contributed by atoms with van der Waals surface area (Å²) in [4.78, 5) is 12.3. The molecule has 0 unspecified atom stereocenters. The fourth-order valence-corrected chi connectivity index (χ4v) is 3.58. The third kappa shape index (κ3) is 5.96. The number of hydrogen-bond donors (Lipinski definition) is 0. The molecule has 0 atom stereocenters. The third-order valence-electron chi connectivity index (χ3n) is 4.79. The van der Waals surface area contributed by atoms with E-state index in [1.165, 1.54) is 6.08 Å². The van der Waals surface area contributed by atoms with Crippen molar-refractivity contribution in [3.63, 3.8) is 0 Å². The fourth-order valence-electron chi connectivity index (χ4n) is 3.12. The minimum absolute atomic E-state index is 0.442. The maximum absolute atomic E-state index is 12.3. The second-order valence-electron chi connectivity index (χ2n) is 7.11. The molecule has 0 bridgehead atoms. The zero-order chi connectivity index (χ0) is 22.2. The summed E-state index contributed by atoms with van der Waals surface area (Å²) in [7, 11) is 0. The molecule has 0 saturated carbocycles. The Hall–Kier alpha value is -3.63. The Morgan fingerprint density at radius 3 is 2.16 bits per heavy atom. The van der Waals surface area contributed by atoms with Gasteiger partial charge in [-0.3, -0.25) is 0 Å². The maximum atomic E-state index is 12.3. The van der Waals surface area contributed by atoms with Crippen LogP contribution in [0.25, 0.3) is 17.2 Å². The number of carbonyl (C=O) groups excluding carboxylic acids is 1. The summed E-state index contributed by atoms with van der Waals surface area (Å²) in [6, 6.07) is 33.3. The first kappa shape index (κ1) is 21.6. The summed E-state index contributed by atoms with van der Waals surface area (Å²) < 4.78 is 12.0. The van der Waals surface area contributed by atoms with Crippen LogP contribution in [0.4, 0.5) is 0 Å². The van der Waals surface area contributed by atoms with Crippen LogP contribution >= 0.6 is 15.9 Å². The smallest absolute Gasteiger partial charge is 0.336 e. The SMILES string of the molecule is O=C(/C=C/c1ccc(OCc2ccccc2)cc1)Oc1ccc(-c2ccccc2)cc1Br. The Kier molecular flexibility index (Phi) is 7.15. The first-order valence-corrected chi connectivity index (χ1v) is 11.0. The van der Waals surface area contributed by atoms with Gasteiger partial charge in [0.1, 0.15) is 18.1 Å². The van der Waals surface area contributed by atoms with Crippen LogP contribution in [-0.4, -0.2) is 5.97 Å². The highest BCUT2D eigenvalue weighted by Gasteiger charge is 2.07. The summed E-state index contributed by atoms with van der Waals surface area (Å²) in [5.74, 6) is 0.808. The predicted octanol–water partition coefficient (Wildman–Crippen LogP) is 7.31. The van der Waals surface area contributed by atoms with Gasteiger partial charge in [0.2, 0.25) is 0 Å². The van der Waals surface area contributed by atoms with E-state index in [2.05, 4.69) is 15.9 Å². The predicted molar refractivity (Wildman–Crippen MR) is 131 cm³/mol. The van der Waals surface area contributed by atoms with Crippen molar-refractivity contribution in [1.29, 1.82) is 0 Å². The van der Waals surface area contributed by atoms with Crippen LogP contribution in [0.1, 0.15) is 11.1 Å². The average molecular weight is 485 g/mol. The van der Waals surface area contributed by atoms with Crippen molar-refractivity contribution < 1.29 is 14.3 Å². The van der Waals surface area contributed by atoms with Gasteiger partial charge in [-0.25, -0.2) is 4.79 Å². The van der Waals surface area contributed by atoms with Gasteiger partial charge in [0.05, 0.1) is 4.47 Å². The molecule has 0 aliphatic carbocycles. The van der Waals surface area contributed by atoms with Gasteiger partial charge in [0, 0.05) is 6.08 Å². The van der Waals surface area contributed by atoms with E-state index in [1.807, 2.05) is 97.1 Å². The molecule has 0 aliphatic heterocycles. The summed E-state index contributed by atoms with van der Waals surface area (Å²) >= 11 is 3.49. The Bertz CT molecular complexity index is 1200. The lowest BCUT2D eigenvalue weighted by molar-refractivity contribution is -0.128. The molecule has 158 valence electrons. The first-order chi connectivity index (χ1) is 15.7. The van der Waals surface area contributed by atoms with Crippen LogP contribution in [0.2, 0.25) is 0 Å². The van der Waals surface area contributed by atoms with Crippen LogP contribution in [-0.2, 0) is 11.4 Å². The standard InChI is InChI=1S/C28H21BrO3/c29-26-19-24(23-9-5-2-6-10-23)14-17-27(26)32-28(30)18-13-21-11-15-25(16-12-21)31-20-22-7-3-1-4-8-22/h1-19H,20H2/b18-13+. The second-order valence-corrected chi connectivity index (χ2v) is 7.96. The van der Waals surface area contributed by atoms with E-state index < -0.39 is 5.97 Å². The van der Waals surface area contributed by atoms with Crippen LogP contribution in [0, 0.1) is 0 Å². The number of carbonyl (C=O) groups is 1. The zero-order valence-electron chi connectivity index (χ0n) is 17.3. The minimum atomic E-state index is -0.442. The highest BCUT2D eigenvalue weighted by Crippen LogP contribution is 2.31. The number of hydrogen-bond acceptors (Lipinski definition) is 3. The number of benzene rings is 4. The van der Waals surface area contributed by atoms with Gasteiger partial charge in [0.15, 0.2) is 0 Å². The van der Waals surface area contributed by atoms with E-state index in [0.29, 0.717) is 12.4 Å². The molecule has 0 radical (unpaired) electrons. The molecule has 4 aromatic rings. The normalized spacial score (nSPS) is 10.8. The van der Waals surface area contributed by atoms with Crippen LogP contribution in [0.15, 0.2) is 114 Å². The average Bonchev–Trinajstić information content (AvgIpc) is 2.84. The van der Waals surface area contributed by atoms with Gasteiger partial charge >= 0.3 is 5.97 Å². The molecular formula is C28H21BrO3. The molecule has 0 spiro atoms. The molecular weight excluding hydrogens is 464 g/mol. The van der Waals surface area contributed by atoms with E-state index in [0.717, 1.165) is 32.5 Å². The molecule has 0 saturated heterocycles. The summed E-state index contributed by atoms with van der Waals surface area (Å²) in [6.45, 7) is 0.514. The van der Waals surface area contributed by atoms with Crippen molar-refractivity contribution in [1.82, 2.24) is 0 Å². The van der Waals surface area contributed by atoms with E-state index >= 15 is 0 Å². The molecule has 0 heterocycles. The van der Waals surface area contributed by atoms with Gasteiger partial charge in [-0.1, -0.05) is 78.9 Å². The van der Waals surface area contributed by atoms with Crippen molar-refractivity contribution in [2.24, 2.45) is 0 Å². The van der Waals surface area contributed by atoms with Crippen LogP contribution < -0.4 is 9.47 Å². The molecule has 4 heteroatoms. The zero-order valence-corrected chi connectivity index (χ0v) is 18.9. The summed E-state index contributed by atoms with van der Waals surface area (Å²) in [5, 5.41) is 0. The van der Waals surface area contributed by atoms with Crippen molar-refractivity contribution in [3.8, 4) is 22.6 Å². The lowest BCUT2D eigenvalue weighted by Gasteiger charge is -2.07. The van der Waals surface area contributed by atoms with Gasteiger partial charge < -0.3 is 9.47 Å². The third-order valence-corrected chi connectivity index (χ3v) is 5.41. The van der Waals surface area contributed by atoms with Gasteiger partial charge in [-0.2, -0.15) is 0 Å². The highest BCUT2D eigenvalue weighted by atomic mass is 79.9. The minimum Gasteiger partial charge on any atom is -0.489 e. The number of esters is 1. The number of rotatable bonds is 7. The molecule has 0 N–H and O–H groups in total. The Morgan fingerprint density at radius 2 is 1.47 bits per heavy atom. The molecule has 4 rings (SSSR count). The number of halogens is 1. The number of ether oxygens (including phenoxy) is 2. The molecule has 0 aliphatic rings. The molecule has 0 amide bonds. The largest absolute Gasteiger partial charge is 0.489 e. The fraction of sp³-hybridized carbons (Fsp3) is 0.0357. The molecule has 0 fully saturated rings. The van der Waals surface area contributed by atoms with Crippen molar-refractivity contribution in [3.05, 3.63) is 125 Å². The molecule has 0 aromatic heterocycles. The van der Waals surface area contributed by atoms with Crippen LogP contribution in [0.3, 0.4) is 0 Å². The topological polar surface area (TPSA) is 35.5 Å². The van der Waals surface area contributed by atoms with Gasteiger partial charge in [-0.15, -0.1) is 0 Å². The van der Waals surface area contributed by atoms with Gasteiger partial charge in [-0.05, 0) is 68.5 Å². The van der Waals surface area contributed by atoms with Crippen molar-refractivity contribution in [2.45, 2.75) is 6.61 Å². The second kappa shape index (κ2) is 10.6. The maximum Gasteiger partial charge on any atom is 0.336 e. The first-order valence-electron chi connectivity index (χ1n) is 10.2. The van der Waals surface area contributed by atoms with Crippen LogP contribution in [0.5, 0.6) is 11.5 Å². The highest BCUT2D eigenvalue weighted by molar-refractivity contribution is 9.10. The monoisotopic (exact) mass is 484 g/mol. The lowest BCUT2D eigenvalue weighted by atomic mass is 10.1. The van der Waals surface area contributed by atoms with Crippen molar-refractivity contribution in [2.75, 3.05) is 0 Å². The molecule has 32 heavy (non-hydrogen) atoms. The quantitative estimate of drug-likeness (QED) is 0.156. The van der Waals surface area contributed by atoms with E-state index in [-0.39, 0.29) is 0 Å².